The van der Waals surface area contributed by atoms with Crippen molar-refractivity contribution in [3.63, 3.8) is 0 Å². The Morgan fingerprint density at radius 1 is 1.59 bits per heavy atom. The lowest BCUT2D eigenvalue weighted by Crippen LogP contribution is -2.42. The molecule has 0 aromatic carbocycles. The summed E-state index contributed by atoms with van der Waals surface area (Å²) in [4.78, 5) is 12.9. The minimum absolute atomic E-state index is 0.0395. The number of rotatable bonds is 8. The summed E-state index contributed by atoms with van der Waals surface area (Å²) in [6, 6.07) is 3.90. The molecular weight excluding hydrogens is 236 g/mol. The third kappa shape index (κ3) is 5.81. The van der Waals surface area contributed by atoms with Crippen LogP contribution in [-0.2, 0) is 16.1 Å². The molecule has 1 amide bonds. The summed E-state index contributed by atoms with van der Waals surface area (Å²) in [5.74, 6) is 0.0395. The van der Waals surface area contributed by atoms with E-state index in [1.165, 1.54) is 4.88 Å². The third-order valence-electron chi connectivity index (χ3n) is 2.38. The molecule has 17 heavy (non-hydrogen) atoms. The highest BCUT2D eigenvalue weighted by molar-refractivity contribution is 7.09. The lowest BCUT2D eigenvalue weighted by molar-refractivity contribution is -0.122. The van der Waals surface area contributed by atoms with E-state index in [4.69, 9.17) is 4.74 Å². The van der Waals surface area contributed by atoms with Gasteiger partial charge in [0, 0.05) is 31.7 Å². The molecule has 1 aromatic rings. The molecule has 1 unspecified atom stereocenters. The number of ether oxygens (including phenoxy) is 1. The Morgan fingerprint density at radius 3 is 3.06 bits per heavy atom. The molecule has 4 nitrogen and oxygen atoms in total. The second kappa shape index (κ2) is 8.22. The number of hydrogen-bond acceptors (Lipinski definition) is 4. The van der Waals surface area contributed by atoms with Gasteiger partial charge in [-0.1, -0.05) is 6.07 Å². The van der Waals surface area contributed by atoms with Crippen molar-refractivity contribution >= 4 is 17.2 Å². The van der Waals surface area contributed by atoms with Crippen molar-refractivity contribution in [2.24, 2.45) is 0 Å². The summed E-state index contributed by atoms with van der Waals surface area (Å²) >= 11 is 1.69. The van der Waals surface area contributed by atoms with Crippen molar-refractivity contribution in [3.05, 3.63) is 22.4 Å². The zero-order chi connectivity index (χ0) is 12.5. The van der Waals surface area contributed by atoms with Crippen LogP contribution in [0.15, 0.2) is 17.5 Å². The van der Waals surface area contributed by atoms with Crippen molar-refractivity contribution in [1.82, 2.24) is 10.6 Å². The van der Waals surface area contributed by atoms with Gasteiger partial charge >= 0.3 is 0 Å². The average molecular weight is 256 g/mol. The van der Waals surface area contributed by atoms with E-state index in [0.29, 0.717) is 13.2 Å². The first kappa shape index (κ1) is 14.2. The second-order valence-corrected chi connectivity index (χ2v) is 4.85. The van der Waals surface area contributed by atoms with Crippen molar-refractivity contribution in [2.45, 2.75) is 25.9 Å². The Labute approximate surface area is 106 Å². The van der Waals surface area contributed by atoms with Gasteiger partial charge in [-0.2, -0.15) is 0 Å². The fourth-order valence-electron chi connectivity index (χ4n) is 1.34. The molecule has 0 spiro atoms. The van der Waals surface area contributed by atoms with Crippen molar-refractivity contribution in [3.8, 4) is 0 Å². The normalized spacial score (nSPS) is 12.4. The Kier molecular flexibility index (Phi) is 6.84. The Hall–Kier alpha value is -0.910. The lowest BCUT2D eigenvalue weighted by atomic mass is 10.3. The molecule has 0 aliphatic carbocycles. The highest BCUT2D eigenvalue weighted by atomic mass is 32.1. The van der Waals surface area contributed by atoms with Crippen LogP contribution < -0.4 is 10.6 Å². The molecule has 0 aliphatic rings. The molecule has 0 fully saturated rings. The molecule has 0 aliphatic heterocycles. The van der Waals surface area contributed by atoms with E-state index in [0.717, 1.165) is 13.0 Å². The van der Waals surface area contributed by atoms with E-state index in [9.17, 15) is 4.79 Å². The second-order valence-electron chi connectivity index (χ2n) is 3.82. The maximum atomic E-state index is 11.7. The first-order valence-electron chi connectivity index (χ1n) is 5.76. The van der Waals surface area contributed by atoms with Gasteiger partial charge in [0.25, 0.3) is 0 Å². The van der Waals surface area contributed by atoms with E-state index in [1.54, 1.807) is 18.4 Å². The number of thiophene rings is 1. The highest BCUT2D eigenvalue weighted by Crippen LogP contribution is 2.07. The van der Waals surface area contributed by atoms with Crippen LogP contribution in [0, 0.1) is 0 Å². The number of hydrogen-bond donors (Lipinski definition) is 2. The molecule has 0 saturated carbocycles. The van der Waals surface area contributed by atoms with Crippen LogP contribution in [0.1, 0.15) is 18.2 Å². The SMILES string of the molecule is COCCCNC(=O)C(C)NCc1cccs1. The molecule has 0 saturated heterocycles. The van der Waals surface area contributed by atoms with Crippen molar-refractivity contribution < 1.29 is 9.53 Å². The summed E-state index contributed by atoms with van der Waals surface area (Å²) in [5.41, 5.74) is 0. The number of carbonyl (C=O) groups is 1. The minimum atomic E-state index is -0.167. The zero-order valence-corrected chi connectivity index (χ0v) is 11.2. The summed E-state index contributed by atoms with van der Waals surface area (Å²) in [5, 5.41) is 8.10. The van der Waals surface area contributed by atoms with Crippen LogP contribution >= 0.6 is 11.3 Å². The van der Waals surface area contributed by atoms with Gasteiger partial charge in [-0.25, -0.2) is 0 Å². The van der Waals surface area contributed by atoms with Gasteiger partial charge in [-0.15, -0.1) is 11.3 Å². The van der Waals surface area contributed by atoms with Gasteiger partial charge in [-0.3, -0.25) is 4.79 Å². The van der Waals surface area contributed by atoms with E-state index in [1.807, 2.05) is 18.4 Å². The maximum absolute atomic E-state index is 11.7. The van der Waals surface area contributed by atoms with E-state index in [-0.39, 0.29) is 11.9 Å². The fraction of sp³-hybridized carbons (Fsp3) is 0.583. The van der Waals surface area contributed by atoms with Crippen LogP contribution in [0.4, 0.5) is 0 Å². The van der Waals surface area contributed by atoms with Crippen LogP contribution in [0.25, 0.3) is 0 Å². The fourth-order valence-corrected chi connectivity index (χ4v) is 2.00. The highest BCUT2D eigenvalue weighted by Gasteiger charge is 2.11. The quantitative estimate of drug-likeness (QED) is 0.691. The van der Waals surface area contributed by atoms with Gasteiger partial charge in [0.15, 0.2) is 0 Å². The summed E-state index contributed by atoms with van der Waals surface area (Å²) in [6.45, 7) is 3.96. The van der Waals surface area contributed by atoms with Crippen molar-refractivity contribution in [2.75, 3.05) is 20.3 Å². The average Bonchev–Trinajstić information content (AvgIpc) is 2.84. The molecule has 1 atom stereocenters. The van der Waals surface area contributed by atoms with Crippen molar-refractivity contribution in [1.29, 1.82) is 0 Å². The maximum Gasteiger partial charge on any atom is 0.236 e. The van der Waals surface area contributed by atoms with Crippen LogP contribution in [-0.4, -0.2) is 32.2 Å². The smallest absolute Gasteiger partial charge is 0.236 e. The lowest BCUT2D eigenvalue weighted by Gasteiger charge is -2.13. The largest absolute Gasteiger partial charge is 0.385 e. The molecule has 5 heteroatoms. The molecule has 1 rings (SSSR count). The topological polar surface area (TPSA) is 50.4 Å². The van der Waals surface area contributed by atoms with E-state index in [2.05, 4.69) is 16.7 Å². The molecule has 1 heterocycles. The molecular formula is C12H20N2O2S. The molecule has 0 radical (unpaired) electrons. The summed E-state index contributed by atoms with van der Waals surface area (Å²) in [6.07, 6.45) is 0.847. The number of nitrogens with one attached hydrogen (secondary N) is 2. The monoisotopic (exact) mass is 256 g/mol. The summed E-state index contributed by atoms with van der Waals surface area (Å²) < 4.78 is 4.92. The van der Waals surface area contributed by atoms with Crippen LogP contribution in [0.5, 0.6) is 0 Å². The van der Waals surface area contributed by atoms with Gasteiger partial charge < -0.3 is 15.4 Å². The molecule has 1 aromatic heterocycles. The molecule has 0 bridgehead atoms. The molecule has 2 N–H and O–H groups in total. The van der Waals surface area contributed by atoms with Gasteiger partial charge in [0.1, 0.15) is 0 Å². The van der Waals surface area contributed by atoms with E-state index >= 15 is 0 Å². The standard InChI is InChI=1S/C12H20N2O2S/c1-10(12(15)13-6-4-7-16-2)14-9-11-5-3-8-17-11/h3,5,8,10,14H,4,6-7,9H2,1-2H3,(H,13,15). The Bertz CT molecular complexity index is 314. The van der Waals surface area contributed by atoms with Crippen LogP contribution in [0.3, 0.4) is 0 Å². The van der Waals surface area contributed by atoms with E-state index < -0.39 is 0 Å². The number of methoxy groups -OCH3 is 1. The third-order valence-corrected chi connectivity index (χ3v) is 3.26. The Morgan fingerprint density at radius 2 is 2.41 bits per heavy atom. The predicted molar refractivity (Wildman–Crippen MR) is 70.1 cm³/mol. The number of carbonyl (C=O) groups excluding carboxylic acids is 1. The predicted octanol–water partition coefficient (Wildman–Crippen LogP) is 1.38. The first-order valence-corrected chi connectivity index (χ1v) is 6.64. The van der Waals surface area contributed by atoms with Crippen LogP contribution in [0.2, 0.25) is 0 Å². The summed E-state index contributed by atoms with van der Waals surface area (Å²) in [7, 11) is 1.66. The Balaban J connectivity index is 2.13. The zero-order valence-electron chi connectivity index (χ0n) is 10.4. The first-order chi connectivity index (χ1) is 8.24. The van der Waals surface area contributed by atoms with Gasteiger partial charge in [0.05, 0.1) is 6.04 Å². The van der Waals surface area contributed by atoms with Gasteiger partial charge in [-0.05, 0) is 24.8 Å². The van der Waals surface area contributed by atoms with Gasteiger partial charge in [0.2, 0.25) is 5.91 Å². The minimum Gasteiger partial charge on any atom is -0.385 e. The molecule has 96 valence electrons. The number of amides is 1.